The lowest BCUT2D eigenvalue weighted by molar-refractivity contribution is -0.128. The van der Waals surface area contributed by atoms with Crippen molar-refractivity contribution in [1.29, 1.82) is 0 Å². The van der Waals surface area contributed by atoms with Gasteiger partial charge < -0.3 is 14.8 Å². The second-order valence-corrected chi connectivity index (χ2v) is 9.81. The van der Waals surface area contributed by atoms with Crippen molar-refractivity contribution < 1.29 is 22.7 Å². The number of rotatable bonds is 8. The zero-order valence-corrected chi connectivity index (χ0v) is 19.0. The molecule has 0 aliphatic carbocycles. The molecule has 168 valence electrons. The molecule has 2 aromatic rings. The van der Waals surface area contributed by atoms with Crippen molar-refractivity contribution in [1.82, 2.24) is 5.32 Å². The van der Waals surface area contributed by atoms with Crippen molar-refractivity contribution in [2.45, 2.75) is 45.3 Å². The molecule has 1 atom stereocenters. The van der Waals surface area contributed by atoms with Gasteiger partial charge in [-0.1, -0.05) is 24.3 Å². The molecule has 0 spiro atoms. The molecule has 0 fully saturated rings. The number of hydrogen-bond acceptors (Lipinski definition) is 5. The van der Waals surface area contributed by atoms with Gasteiger partial charge in [0.2, 0.25) is 10.0 Å². The number of fused-ring (bicyclic) bond motifs is 1. The van der Waals surface area contributed by atoms with E-state index in [1.165, 1.54) is 9.87 Å². The molecule has 0 aromatic heterocycles. The van der Waals surface area contributed by atoms with Crippen LogP contribution in [0.25, 0.3) is 0 Å². The van der Waals surface area contributed by atoms with E-state index >= 15 is 0 Å². The molecule has 1 aliphatic rings. The van der Waals surface area contributed by atoms with Crippen molar-refractivity contribution in [3.63, 3.8) is 0 Å². The van der Waals surface area contributed by atoms with E-state index < -0.39 is 16.1 Å². The summed E-state index contributed by atoms with van der Waals surface area (Å²) < 4.78 is 37.1. The van der Waals surface area contributed by atoms with Gasteiger partial charge in [-0.25, -0.2) is 8.42 Å². The highest BCUT2D eigenvalue weighted by Crippen LogP contribution is 2.33. The molecule has 2 aromatic carbocycles. The number of ether oxygens (including phenoxy) is 2. The topological polar surface area (TPSA) is 84.9 Å². The molecule has 0 radical (unpaired) electrons. The van der Waals surface area contributed by atoms with Crippen LogP contribution in [0.3, 0.4) is 0 Å². The first-order valence-corrected chi connectivity index (χ1v) is 12.4. The van der Waals surface area contributed by atoms with Gasteiger partial charge in [0.15, 0.2) is 6.10 Å². The Labute approximate surface area is 184 Å². The first-order chi connectivity index (χ1) is 14.7. The lowest BCUT2D eigenvalue weighted by atomic mass is 10.1. The lowest BCUT2D eigenvalue weighted by Crippen LogP contribution is -2.40. The maximum Gasteiger partial charge on any atom is 0.261 e. The van der Waals surface area contributed by atoms with Gasteiger partial charge in [0, 0.05) is 19.5 Å². The van der Waals surface area contributed by atoms with Gasteiger partial charge in [0.1, 0.15) is 11.5 Å². The van der Waals surface area contributed by atoms with Gasteiger partial charge in [-0.05, 0) is 56.5 Å². The zero-order valence-electron chi connectivity index (χ0n) is 18.2. The Morgan fingerprint density at radius 2 is 1.90 bits per heavy atom. The highest BCUT2D eigenvalue weighted by molar-refractivity contribution is 7.92. The number of sulfonamides is 1. The molecule has 8 heteroatoms. The van der Waals surface area contributed by atoms with Gasteiger partial charge in [-0.2, -0.15) is 0 Å². The highest BCUT2D eigenvalue weighted by atomic mass is 32.2. The number of hydrogen-bond donors (Lipinski definition) is 1. The fourth-order valence-corrected chi connectivity index (χ4v) is 4.43. The third kappa shape index (κ3) is 6.37. The average Bonchev–Trinajstić information content (AvgIpc) is 2.91. The number of carbonyl (C=O) groups is 1. The number of benzene rings is 2. The molecule has 1 heterocycles. The summed E-state index contributed by atoms with van der Waals surface area (Å²) in [4.78, 5) is 12.7. The normalized spacial score (nSPS) is 16.3. The summed E-state index contributed by atoms with van der Waals surface area (Å²) in [5.74, 6) is 1.01. The van der Waals surface area contributed by atoms with E-state index in [1.807, 2.05) is 38.1 Å². The molecule has 1 aliphatic heterocycles. The summed E-state index contributed by atoms with van der Waals surface area (Å²) in [7, 11) is -3.46. The molecule has 0 saturated carbocycles. The van der Waals surface area contributed by atoms with Gasteiger partial charge in [-0.15, -0.1) is 0 Å². The van der Waals surface area contributed by atoms with Gasteiger partial charge in [0.05, 0.1) is 18.0 Å². The van der Waals surface area contributed by atoms with E-state index in [4.69, 9.17) is 9.47 Å². The van der Waals surface area contributed by atoms with E-state index in [0.29, 0.717) is 18.0 Å². The smallest absolute Gasteiger partial charge is 0.261 e. The molecule has 31 heavy (non-hydrogen) atoms. The summed E-state index contributed by atoms with van der Waals surface area (Å²) >= 11 is 0. The predicted octanol–water partition coefficient (Wildman–Crippen LogP) is 3.14. The molecule has 0 bridgehead atoms. The van der Waals surface area contributed by atoms with Crippen LogP contribution in [0.1, 0.15) is 32.3 Å². The Bertz CT molecular complexity index is 989. The monoisotopic (exact) mass is 446 g/mol. The Morgan fingerprint density at radius 1 is 1.19 bits per heavy atom. The van der Waals surface area contributed by atoms with Crippen LogP contribution in [0.5, 0.6) is 11.5 Å². The largest absolute Gasteiger partial charge is 0.491 e. The van der Waals surface area contributed by atoms with E-state index in [1.54, 1.807) is 24.3 Å². The van der Waals surface area contributed by atoms with Crippen LogP contribution in [0.15, 0.2) is 48.5 Å². The van der Waals surface area contributed by atoms with Gasteiger partial charge in [0.25, 0.3) is 5.91 Å². The number of carbonyl (C=O) groups excluding carboxylic acids is 1. The van der Waals surface area contributed by atoms with E-state index in [0.717, 1.165) is 24.8 Å². The first-order valence-electron chi connectivity index (χ1n) is 10.5. The molecule has 0 unspecified atom stereocenters. The number of nitrogens with zero attached hydrogens (tertiary/aromatic N) is 1. The van der Waals surface area contributed by atoms with Crippen molar-refractivity contribution >= 4 is 21.6 Å². The van der Waals surface area contributed by atoms with Crippen LogP contribution < -0.4 is 19.1 Å². The summed E-state index contributed by atoms with van der Waals surface area (Å²) in [6.45, 7) is 4.69. The van der Waals surface area contributed by atoms with E-state index in [9.17, 15) is 13.2 Å². The third-order valence-corrected chi connectivity index (χ3v) is 6.11. The minimum absolute atomic E-state index is 0.142. The van der Waals surface area contributed by atoms with Gasteiger partial charge >= 0.3 is 0 Å². The molecule has 3 rings (SSSR count). The molecular weight excluding hydrogens is 416 g/mol. The molecule has 1 amide bonds. The number of para-hydroxylation sites is 2. The Morgan fingerprint density at radius 3 is 2.58 bits per heavy atom. The van der Waals surface area contributed by atoms with Crippen molar-refractivity contribution in [3.8, 4) is 11.5 Å². The lowest BCUT2D eigenvalue weighted by Gasteiger charge is -2.20. The minimum Gasteiger partial charge on any atom is -0.491 e. The summed E-state index contributed by atoms with van der Waals surface area (Å²) in [6, 6.07) is 14.9. The van der Waals surface area contributed by atoms with E-state index in [2.05, 4.69) is 5.32 Å². The second-order valence-electron chi connectivity index (χ2n) is 7.90. The van der Waals surface area contributed by atoms with E-state index in [-0.39, 0.29) is 25.0 Å². The molecule has 1 N–H and O–H groups in total. The molecule has 0 saturated heterocycles. The predicted molar refractivity (Wildman–Crippen MR) is 121 cm³/mol. The van der Waals surface area contributed by atoms with Crippen LogP contribution in [0.2, 0.25) is 0 Å². The van der Waals surface area contributed by atoms with Gasteiger partial charge in [-0.3, -0.25) is 9.10 Å². The SMILES string of the molecule is CC(C)Oc1ccc(CCCNC(=O)[C@@H]2CCN(S(C)(=O)=O)c3ccccc3O2)cc1. The number of anilines is 1. The fraction of sp³-hybridized carbons (Fsp3) is 0.435. The minimum atomic E-state index is -3.46. The summed E-state index contributed by atoms with van der Waals surface area (Å²) in [6.07, 6.45) is 2.47. The van der Waals surface area contributed by atoms with Crippen LogP contribution in [0.4, 0.5) is 5.69 Å². The summed E-state index contributed by atoms with van der Waals surface area (Å²) in [5.41, 5.74) is 1.64. The van der Waals surface area contributed by atoms with Crippen molar-refractivity contribution in [2.24, 2.45) is 0 Å². The maximum atomic E-state index is 12.7. The number of aryl methyl sites for hydroxylation is 1. The maximum absolute atomic E-state index is 12.7. The number of nitrogens with one attached hydrogen (secondary N) is 1. The van der Waals surface area contributed by atoms with Crippen molar-refractivity contribution in [3.05, 3.63) is 54.1 Å². The Kier molecular flexibility index (Phi) is 7.43. The molecular formula is C23H30N2O5S. The average molecular weight is 447 g/mol. The Balaban J connectivity index is 1.52. The fourth-order valence-electron chi connectivity index (χ4n) is 3.48. The van der Waals surface area contributed by atoms with Crippen molar-refractivity contribution in [2.75, 3.05) is 23.7 Å². The molecule has 7 nitrogen and oxygen atoms in total. The standard InChI is InChI=1S/C23H30N2O5S/c1-17(2)29-19-12-10-18(11-13-19)7-6-15-24-23(26)22-14-16-25(31(3,27)28)20-8-4-5-9-21(20)30-22/h4-5,8-13,17,22H,6-7,14-16H2,1-3H3,(H,24,26)/t22-/m0/s1. The highest BCUT2D eigenvalue weighted by Gasteiger charge is 2.30. The summed E-state index contributed by atoms with van der Waals surface area (Å²) in [5, 5.41) is 2.92. The first kappa shape index (κ1) is 22.9. The second kappa shape index (κ2) is 10.0. The zero-order chi connectivity index (χ0) is 22.4. The third-order valence-electron chi connectivity index (χ3n) is 4.93. The van der Waals surface area contributed by atoms with Crippen LogP contribution in [-0.2, 0) is 21.2 Å². The van der Waals surface area contributed by atoms with Crippen LogP contribution >= 0.6 is 0 Å². The quantitative estimate of drug-likeness (QED) is 0.630. The van der Waals surface area contributed by atoms with Crippen LogP contribution in [0, 0.1) is 0 Å². The number of amides is 1. The Hall–Kier alpha value is -2.74. The van der Waals surface area contributed by atoms with Crippen LogP contribution in [-0.4, -0.2) is 45.9 Å².